The van der Waals surface area contributed by atoms with Crippen LogP contribution in [0.15, 0.2) is 24.3 Å². The monoisotopic (exact) mass is 346 g/mol. The van der Waals surface area contributed by atoms with Crippen LogP contribution in [0.1, 0.15) is 37.8 Å². The first kappa shape index (κ1) is 17.3. The Hall–Kier alpha value is -1.53. The van der Waals surface area contributed by atoms with Crippen LogP contribution < -0.4 is 5.32 Å². The predicted octanol–water partition coefficient (Wildman–Crippen LogP) is 2.96. The van der Waals surface area contributed by atoms with Gasteiger partial charge in [-0.2, -0.15) is 0 Å². The third kappa shape index (κ3) is 3.92. The quantitative estimate of drug-likeness (QED) is 0.809. The molecule has 3 rings (SSSR count). The lowest BCUT2D eigenvalue weighted by Crippen LogP contribution is -2.43. The van der Waals surface area contributed by atoms with Gasteiger partial charge in [0.2, 0.25) is 5.91 Å². The topological polar surface area (TPSA) is 61.0 Å². The van der Waals surface area contributed by atoms with Crippen molar-refractivity contribution in [3.05, 3.63) is 30.1 Å². The number of carbonyl (C=O) groups is 1. The molecule has 1 saturated heterocycles. The van der Waals surface area contributed by atoms with E-state index in [-0.39, 0.29) is 11.2 Å². The molecule has 6 heteroatoms. The minimum absolute atomic E-state index is 0.173. The van der Waals surface area contributed by atoms with Crippen molar-refractivity contribution in [1.82, 2.24) is 20.2 Å². The van der Waals surface area contributed by atoms with E-state index in [1.165, 1.54) is 0 Å². The number of thioether (sulfide) groups is 1. The summed E-state index contributed by atoms with van der Waals surface area (Å²) in [6, 6.07) is 8.40. The largest absolute Gasteiger partial charge is 0.341 e. The van der Waals surface area contributed by atoms with E-state index < -0.39 is 0 Å². The van der Waals surface area contributed by atoms with Crippen LogP contribution in [-0.4, -0.2) is 52.2 Å². The lowest BCUT2D eigenvalue weighted by Gasteiger charge is -2.28. The van der Waals surface area contributed by atoms with Gasteiger partial charge in [-0.15, -0.1) is 11.8 Å². The van der Waals surface area contributed by atoms with Gasteiger partial charge in [0.25, 0.3) is 0 Å². The molecule has 2 heterocycles. The van der Waals surface area contributed by atoms with Crippen molar-refractivity contribution < 1.29 is 4.79 Å². The molecule has 0 bridgehead atoms. The Morgan fingerprint density at radius 1 is 1.46 bits per heavy atom. The summed E-state index contributed by atoms with van der Waals surface area (Å²) in [6.45, 7) is 7.03. The molecule has 130 valence electrons. The van der Waals surface area contributed by atoms with Gasteiger partial charge in [-0.3, -0.25) is 4.79 Å². The molecule has 1 aliphatic heterocycles. The van der Waals surface area contributed by atoms with Crippen molar-refractivity contribution in [3.63, 3.8) is 0 Å². The smallest absolute Gasteiger partial charge is 0.232 e. The molecule has 24 heavy (non-hydrogen) atoms. The van der Waals surface area contributed by atoms with Crippen LogP contribution in [0.4, 0.5) is 0 Å². The maximum Gasteiger partial charge on any atom is 0.232 e. The second kappa shape index (κ2) is 8.03. The lowest BCUT2D eigenvalue weighted by molar-refractivity contribution is -0.130. The summed E-state index contributed by atoms with van der Waals surface area (Å²) in [5.41, 5.74) is 2.03. The summed E-state index contributed by atoms with van der Waals surface area (Å²) < 4.78 is 0. The van der Waals surface area contributed by atoms with E-state index in [0.717, 1.165) is 49.3 Å². The maximum atomic E-state index is 12.7. The Morgan fingerprint density at radius 2 is 2.29 bits per heavy atom. The third-order valence-corrected chi connectivity index (χ3v) is 5.65. The number of aromatic amines is 1. The summed E-state index contributed by atoms with van der Waals surface area (Å²) in [5, 5.41) is 3.53. The van der Waals surface area contributed by atoms with Gasteiger partial charge in [-0.25, -0.2) is 4.98 Å². The van der Waals surface area contributed by atoms with E-state index in [2.05, 4.69) is 34.0 Å². The highest BCUT2D eigenvalue weighted by atomic mass is 32.2. The standard InChI is InChI=1S/C18H26N4OS/c1-3-10-22(14-8-9-19-11-14)17(23)12-24-13(2)18-20-15-6-4-5-7-16(15)21-18/h4-7,13-14,19H,3,8-12H2,1-2H3,(H,20,21). The van der Waals surface area contributed by atoms with E-state index in [0.29, 0.717) is 11.8 Å². The number of benzene rings is 1. The molecule has 0 aliphatic carbocycles. The van der Waals surface area contributed by atoms with Crippen molar-refractivity contribution >= 4 is 28.7 Å². The van der Waals surface area contributed by atoms with E-state index >= 15 is 0 Å². The molecule has 0 spiro atoms. The van der Waals surface area contributed by atoms with E-state index in [9.17, 15) is 4.79 Å². The highest BCUT2D eigenvalue weighted by Crippen LogP contribution is 2.28. The zero-order valence-corrected chi connectivity index (χ0v) is 15.2. The number of H-pyrrole nitrogens is 1. The van der Waals surface area contributed by atoms with Crippen molar-refractivity contribution in [2.75, 3.05) is 25.4 Å². The molecule has 2 N–H and O–H groups in total. The SMILES string of the molecule is CCCN(C(=O)CSC(C)c1nc2ccccc2[nH]1)C1CCNC1. The molecule has 5 nitrogen and oxygen atoms in total. The van der Waals surface area contributed by atoms with Crippen molar-refractivity contribution in [3.8, 4) is 0 Å². The molecule has 1 amide bonds. The summed E-state index contributed by atoms with van der Waals surface area (Å²) in [6.07, 6.45) is 2.07. The van der Waals surface area contributed by atoms with Crippen molar-refractivity contribution in [1.29, 1.82) is 0 Å². The fourth-order valence-corrected chi connectivity index (χ4v) is 4.01. The number of rotatable bonds is 7. The molecule has 1 aromatic heterocycles. The van der Waals surface area contributed by atoms with Gasteiger partial charge < -0.3 is 15.2 Å². The number of aromatic nitrogens is 2. The second-order valence-electron chi connectivity index (χ2n) is 6.33. The Morgan fingerprint density at radius 3 is 3.00 bits per heavy atom. The van der Waals surface area contributed by atoms with Crippen molar-refractivity contribution in [2.24, 2.45) is 0 Å². The first-order chi connectivity index (χ1) is 11.7. The van der Waals surface area contributed by atoms with Crippen LogP contribution >= 0.6 is 11.8 Å². The van der Waals surface area contributed by atoms with Gasteiger partial charge in [0, 0.05) is 19.1 Å². The van der Waals surface area contributed by atoms with Crippen LogP contribution in [0.5, 0.6) is 0 Å². The van der Waals surface area contributed by atoms with E-state index in [1.807, 2.05) is 24.3 Å². The fourth-order valence-electron chi connectivity index (χ4n) is 3.18. The number of nitrogens with zero attached hydrogens (tertiary/aromatic N) is 2. The highest BCUT2D eigenvalue weighted by molar-refractivity contribution is 8.00. The zero-order chi connectivity index (χ0) is 16.9. The number of imidazole rings is 1. The Balaban J connectivity index is 1.59. The van der Waals surface area contributed by atoms with E-state index in [1.54, 1.807) is 11.8 Å². The number of hydrogen-bond donors (Lipinski definition) is 2. The third-order valence-electron chi connectivity index (χ3n) is 4.51. The minimum Gasteiger partial charge on any atom is -0.341 e. The molecular weight excluding hydrogens is 320 g/mol. The van der Waals surface area contributed by atoms with Crippen LogP contribution in [0, 0.1) is 0 Å². The maximum absolute atomic E-state index is 12.7. The van der Waals surface area contributed by atoms with Crippen LogP contribution in [0.3, 0.4) is 0 Å². The van der Waals surface area contributed by atoms with Gasteiger partial charge in [-0.1, -0.05) is 19.1 Å². The van der Waals surface area contributed by atoms with Gasteiger partial charge in [-0.05, 0) is 38.4 Å². The van der Waals surface area contributed by atoms with Gasteiger partial charge >= 0.3 is 0 Å². The van der Waals surface area contributed by atoms with Crippen LogP contribution in [0.2, 0.25) is 0 Å². The Labute approximate surface area is 147 Å². The molecule has 2 atom stereocenters. The normalized spacial score (nSPS) is 18.8. The average molecular weight is 347 g/mol. The van der Waals surface area contributed by atoms with Crippen LogP contribution in [-0.2, 0) is 4.79 Å². The molecule has 1 fully saturated rings. The minimum atomic E-state index is 0.173. The van der Waals surface area contributed by atoms with Gasteiger partial charge in [0.1, 0.15) is 5.82 Å². The van der Waals surface area contributed by atoms with Crippen LogP contribution in [0.25, 0.3) is 11.0 Å². The molecule has 2 aromatic rings. The molecule has 1 aliphatic rings. The predicted molar refractivity (Wildman–Crippen MR) is 100 cm³/mol. The second-order valence-corrected chi connectivity index (χ2v) is 7.66. The van der Waals surface area contributed by atoms with Crippen molar-refractivity contribution in [2.45, 2.75) is 38.0 Å². The summed E-state index contributed by atoms with van der Waals surface area (Å²) in [7, 11) is 0. The van der Waals surface area contributed by atoms with Gasteiger partial charge in [0.15, 0.2) is 0 Å². The number of hydrogen-bond acceptors (Lipinski definition) is 4. The lowest BCUT2D eigenvalue weighted by atomic mass is 10.2. The van der Waals surface area contributed by atoms with Gasteiger partial charge in [0.05, 0.1) is 22.0 Å². The average Bonchev–Trinajstić information content (AvgIpc) is 3.26. The molecule has 1 aromatic carbocycles. The molecular formula is C18H26N4OS. The Bertz CT molecular complexity index is 647. The number of amides is 1. The molecule has 2 unspecified atom stereocenters. The Kier molecular flexibility index (Phi) is 5.79. The summed E-state index contributed by atoms with van der Waals surface area (Å²) in [4.78, 5) is 22.7. The summed E-state index contributed by atoms with van der Waals surface area (Å²) in [5.74, 6) is 1.70. The fraction of sp³-hybridized carbons (Fsp3) is 0.556. The first-order valence-corrected chi connectivity index (χ1v) is 9.80. The highest BCUT2D eigenvalue weighted by Gasteiger charge is 2.26. The number of para-hydroxylation sites is 2. The first-order valence-electron chi connectivity index (χ1n) is 8.75. The molecule has 0 saturated carbocycles. The number of carbonyl (C=O) groups excluding carboxylic acids is 1. The number of nitrogens with one attached hydrogen (secondary N) is 2. The summed E-state index contributed by atoms with van der Waals surface area (Å²) >= 11 is 1.66. The van der Waals surface area contributed by atoms with E-state index in [4.69, 9.17) is 0 Å². The number of fused-ring (bicyclic) bond motifs is 1. The molecule has 0 radical (unpaired) electrons. The zero-order valence-electron chi connectivity index (χ0n) is 14.4.